The number of anilines is 1. The molecule has 0 fully saturated rings. The van der Waals surface area contributed by atoms with Gasteiger partial charge < -0.3 is 25.8 Å². The van der Waals surface area contributed by atoms with Gasteiger partial charge in [-0.3, -0.25) is 4.79 Å². The van der Waals surface area contributed by atoms with Crippen LogP contribution >= 0.6 is 0 Å². The van der Waals surface area contributed by atoms with Gasteiger partial charge in [0.25, 0.3) is 0 Å². The predicted octanol–water partition coefficient (Wildman–Crippen LogP) is 2.29. The van der Waals surface area contributed by atoms with Crippen molar-refractivity contribution in [2.45, 2.75) is 26.4 Å². The number of methoxy groups -OCH3 is 1. The average Bonchev–Trinajstić information content (AvgIpc) is 2.48. The van der Waals surface area contributed by atoms with Crippen molar-refractivity contribution in [1.29, 1.82) is 0 Å². The fourth-order valence-corrected chi connectivity index (χ4v) is 1.78. The van der Waals surface area contributed by atoms with E-state index in [-0.39, 0.29) is 0 Å². The molecule has 0 bridgehead atoms. The van der Waals surface area contributed by atoms with E-state index in [4.69, 9.17) is 15.2 Å². The molecular formula is C17H25N3O4. The molecule has 2 amide bonds. The van der Waals surface area contributed by atoms with Crippen LogP contribution in [0.4, 0.5) is 10.5 Å². The number of carbonyl (C=O) groups excluding carboxylic acids is 2. The highest BCUT2D eigenvalue weighted by Crippen LogP contribution is 2.25. The lowest BCUT2D eigenvalue weighted by Gasteiger charge is -2.19. The Bertz CT molecular complexity index is 606. The quantitative estimate of drug-likeness (QED) is 0.663. The molecule has 0 heterocycles. The Morgan fingerprint density at radius 3 is 2.46 bits per heavy atom. The van der Waals surface area contributed by atoms with Crippen LogP contribution in [-0.2, 0) is 4.74 Å². The summed E-state index contributed by atoms with van der Waals surface area (Å²) in [5.41, 5.74) is 5.85. The normalized spacial score (nSPS) is 11.2. The van der Waals surface area contributed by atoms with E-state index in [0.717, 1.165) is 5.69 Å². The molecule has 0 unspecified atom stereocenters. The third-order valence-electron chi connectivity index (χ3n) is 2.83. The Hall–Kier alpha value is -2.70. The average molecular weight is 335 g/mol. The van der Waals surface area contributed by atoms with Crippen LogP contribution in [0.15, 0.2) is 30.4 Å². The molecular weight excluding hydrogens is 310 g/mol. The van der Waals surface area contributed by atoms with Gasteiger partial charge in [-0.15, -0.1) is 0 Å². The minimum atomic E-state index is -0.511. The predicted molar refractivity (Wildman–Crippen MR) is 93.4 cm³/mol. The summed E-state index contributed by atoms with van der Waals surface area (Å²) in [6.07, 6.45) is 3.21. The number of nitrogens with two attached hydrogens (primary N) is 1. The number of primary amides is 1. The summed E-state index contributed by atoms with van der Waals surface area (Å²) in [6, 6.07) is 4.94. The van der Waals surface area contributed by atoms with Crippen molar-refractivity contribution >= 4 is 17.7 Å². The van der Waals surface area contributed by atoms with Crippen LogP contribution in [0.25, 0.3) is 0 Å². The number of hydrogen-bond acceptors (Lipinski definition) is 5. The van der Waals surface area contributed by atoms with Crippen LogP contribution in [0.3, 0.4) is 0 Å². The second-order valence-electron chi connectivity index (χ2n) is 6.01. The number of ether oxygens (including phenoxy) is 2. The maximum Gasteiger partial charge on any atom is 0.407 e. The summed E-state index contributed by atoms with van der Waals surface area (Å²) in [5.74, 6) is 0.0274. The Kier molecular flexibility index (Phi) is 7.10. The van der Waals surface area contributed by atoms with Gasteiger partial charge in [0, 0.05) is 18.7 Å². The molecule has 0 aliphatic rings. The molecule has 7 nitrogen and oxygen atoms in total. The van der Waals surface area contributed by atoms with Gasteiger partial charge in [-0.1, -0.05) is 12.2 Å². The molecule has 1 aromatic rings. The van der Waals surface area contributed by atoms with Gasteiger partial charge in [-0.2, -0.15) is 0 Å². The Morgan fingerprint density at radius 1 is 1.21 bits per heavy atom. The summed E-state index contributed by atoms with van der Waals surface area (Å²) < 4.78 is 10.3. The van der Waals surface area contributed by atoms with E-state index in [0.29, 0.717) is 24.4 Å². The van der Waals surface area contributed by atoms with Crippen molar-refractivity contribution in [3.05, 3.63) is 35.9 Å². The second-order valence-corrected chi connectivity index (χ2v) is 6.01. The first-order valence-electron chi connectivity index (χ1n) is 7.56. The van der Waals surface area contributed by atoms with Crippen LogP contribution in [0.2, 0.25) is 0 Å². The van der Waals surface area contributed by atoms with Gasteiger partial charge in [0.1, 0.15) is 11.4 Å². The minimum absolute atomic E-state index is 0.369. The SMILES string of the molecule is COc1cc(C(N)=O)ccc1NC/C=C/CNC(=O)OC(C)(C)C. The summed E-state index contributed by atoms with van der Waals surface area (Å²) in [7, 11) is 1.52. The maximum absolute atomic E-state index is 11.4. The molecule has 0 aliphatic heterocycles. The summed E-state index contributed by atoms with van der Waals surface area (Å²) in [5, 5.41) is 5.78. The van der Waals surface area contributed by atoms with Crippen LogP contribution < -0.4 is 21.1 Å². The molecule has 24 heavy (non-hydrogen) atoms. The first-order chi connectivity index (χ1) is 11.2. The maximum atomic E-state index is 11.4. The first kappa shape index (κ1) is 19.3. The molecule has 0 aromatic heterocycles. The highest BCUT2D eigenvalue weighted by atomic mass is 16.6. The number of nitrogens with one attached hydrogen (secondary N) is 2. The van der Waals surface area contributed by atoms with E-state index in [1.54, 1.807) is 24.3 Å². The molecule has 0 spiro atoms. The fourth-order valence-electron chi connectivity index (χ4n) is 1.78. The monoisotopic (exact) mass is 335 g/mol. The van der Waals surface area contributed by atoms with E-state index in [2.05, 4.69) is 10.6 Å². The number of carbonyl (C=O) groups is 2. The van der Waals surface area contributed by atoms with Gasteiger partial charge in [0.2, 0.25) is 5.91 Å². The molecule has 132 valence electrons. The molecule has 0 saturated carbocycles. The third-order valence-corrected chi connectivity index (χ3v) is 2.83. The molecule has 0 saturated heterocycles. The smallest absolute Gasteiger partial charge is 0.407 e. The van der Waals surface area contributed by atoms with Crippen molar-refractivity contribution in [2.24, 2.45) is 5.73 Å². The fraction of sp³-hybridized carbons (Fsp3) is 0.412. The van der Waals surface area contributed by atoms with Gasteiger partial charge in [-0.05, 0) is 39.0 Å². The Morgan fingerprint density at radius 2 is 1.88 bits per heavy atom. The number of alkyl carbamates (subject to hydrolysis) is 1. The van der Waals surface area contributed by atoms with Crippen LogP contribution in [-0.4, -0.2) is 37.8 Å². The van der Waals surface area contributed by atoms with Crippen molar-refractivity contribution in [2.75, 3.05) is 25.5 Å². The van der Waals surface area contributed by atoms with Crippen molar-refractivity contribution in [3.63, 3.8) is 0 Å². The zero-order chi connectivity index (χ0) is 18.2. The number of amides is 2. The summed E-state index contributed by atoms with van der Waals surface area (Å²) in [4.78, 5) is 22.6. The van der Waals surface area contributed by atoms with Gasteiger partial charge >= 0.3 is 6.09 Å². The topological polar surface area (TPSA) is 103 Å². The molecule has 1 rings (SSSR count). The number of benzene rings is 1. The second kappa shape index (κ2) is 8.81. The van der Waals surface area contributed by atoms with Crippen LogP contribution in [0.1, 0.15) is 31.1 Å². The van der Waals surface area contributed by atoms with E-state index < -0.39 is 17.6 Å². The largest absolute Gasteiger partial charge is 0.495 e. The van der Waals surface area contributed by atoms with Crippen molar-refractivity contribution < 1.29 is 19.1 Å². The lowest BCUT2D eigenvalue weighted by atomic mass is 10.2. The molecule has 0 radical (unpaired) electrons. The Balaban J connectivity index is 2.42. The molecule has 4 N–H and O–H groups in total. The van der Waals surface area contributed by atoms with Gasteiger partial charge in [0.15, 0.2) is 0 Å². The third kappa shape index (κ3) is 7.04. The van der Waals surface area contributed by atoms with E-state index in [9.17, 15) is 9.59 Å². The minimum Gasteiger partial charge on any atom is -0.495 e. The van der Waals surface area contributed by atoms with Crippen LogP contribution in [0.5, 0.6) is 5.75 Å². The van der Waals surface area contributed by atoms with Gasteiger partial charge in [0.05, 0.1) is 12.8 Å². The number of hydrogen-bond donors (Lipinski definition) is 3. The molecule has 0 aliphatic carbocycles. The molecule has 0 atom stereocenters. The lowest BCUT2D eigenvalue weighted by Crippen LogP contribution is -2.32. The highest BCUT2D eigenvalue weighted by molar-refractivity contribution is 5.93. The first-order valence-corrected chi connectivity index (χ1v) is 7.56. The summed E-state index contributed by atoms with van der Waals surface area (Å²) in [6.45, 7) is 6.33. The van der Waals surface area contributed by atoms with Crippen LogP contribution in [0, 0.1) is 0 Å². The zero-order valence-corrected chi connectivity index (χ0v) is 14.5. The Labute approximate surface area is 142 Å². The van der Waals surface area contributed by atoms with E-state index in [1.165, 1.54) is 7.11 Å². The molecule has 7 heteroatoms. The highest BCUT2D eigenvalue weighted by Gasteiger charge is 2.14. The molecule has 1 aromatic carbocycles. The zero-order valence-electron chi connectivity index (χ0n) is 14.5. The van der Waals surface area contributed by atoms with E-state index in [1.807, 2.05) is 26.8 Å². The van der Waals surface area contributed by atoms with E-state index >= 15 is 0 Å². The van der Waals surface area contributed by atoms with Gasteiger partial charge in [-0.25, -0.2) is 4.79 Å². The standard InChI is InChI=1S/C17H25N3O4/c1-17(2,3)24-16(22)20-10-6-5-9-19-13-8-7-12(15(18)21)11-14(13)23-4/h5-8,11,19H,9-10H2,1-4H3,(H2,18,21)(H,20,22)/b6-5+. The van der Waals surface area contributed by atoms with Crippen molar-refractivity contribution in [3.8, 4) is 5.75 Å². The van der Waals surface area contributed by atoms with Crippen molar-refractivity contribution in [1.82, 2.24) is 5.32 Å². The number of rotatable bonds is 7. The summed E-state index contributed by atoms with van der Waals surface area (Å²) >= 11 is 0. The lowest BCUT2D eigenvalue weighted by molar-refractivity contribution is 0.0534.